The summed E-state index contributed by atoms with van der Waals surface area (Å²) in [4.78, 5) is 2.58. The van der Waals surface area contributed by atoms with Crippen LogP contribution in [0.4, 0.5) is 0 Å². The van der Waals surface area contributed by atoms with Crippen LogP contribution in [0.2, 0.25) is 0 Å². The number of ether oxygens (including phenoxy) is 2. The van der Waals surface area contributed by atoms with Crippen molar-refractivity contribution in [1.29, 1.82) is 0 Å². The predicted octanol–water partition coefficient (Wildman–Crippen LogP) is 2.61. The Bertz CT molecular complexity index is 794. The molecule has 2 aromatic rings. The van der Waals surface area contributed by atoms with E-state index in [9.17, 15) is 0 Å². The number of rotatable bonds is 6. The zero-order valence-corrected chi connectivity index (χ0v) is 16.9. The van der Waals surface area contributed by atoms with Gasteiger partial charge in [0.25, 0.3) is 0 Å². The van der Waals surface area contributed by atoms with Gasteiger partial charge in [-0.25, -0.2) is 0 Å². The van der Waals surface area contributed by atoms with E-state index in [2.05, 4.69) is 33.0 Å². The highest BCUT2D eigenvalue weighted by Crippen LogP contribution is 2.33. The molecule has 1 aromatic carbocycles. The minimum absolute atomic E-state index is 0.282. The van der Waals surface area contributed by atoms with Gasteiger partial charge < -0.3 is 14.0 Å². The molecule has 3 atom stereocenters. The lowest BCUT2D eigenvalue weighted by atomic mass is 9.86. The second-order valence-corrected chi connectivity index (χ2v) is 7.74. The number of nitrogens with zero attached hydrogens (tertiary/aromatic N) is 2. The Hall–Kier alpha value is -2.09. The van der Waals surface area contributed by atoms with Gasteiger partial charge in [0.2, 0.25) is 0 Å². The van der Waals surface area contributed by atoms with E-state index in [0.717, 1.165) is 42.6 Å². The van der Waals surface area contributed by atoms with Crippen molar-refractivity contribution < 1.29 is 14.0 Å². The number of hydrogen-bond donors (Lipinski definition) is 2. The summed E-state index contributed by atoms with van der Waals surface area (Å²) < 4.78 is 16.6. The SMILES string of the molecule is COc1ccc(CN2CCCCC2C2NNCC2c2cc(C)no2)c(OC)c1. The fourth-order valence-electron chi connectivity index (χ4n) is 4.54. The van der Waals surface area contributed by atoms with Crippen LogP contribution in [0, 0.1) is 6.92 Å². The van der Waals surface area contributed by atoms with Crippen LogP contribution in [-0.2, 0) is 6.54 Å². The fourth-order valence-corrected chi connectivity index (χ4v) is 4.54. The lowest BCUT2D eigenvalue weighted by Gasteiger charge is -2.40. The normalized spacial score (nSPS) is 25.8. The van der Waals surface area contributed by atoms with Crippen LogP contribution in [0.25, 0.3) is 0 Å². The first-order valence-corrected chi connectivity index (χ1v) is 10.1. The van der Waals surface area contributed by atoms with Crippen molar-refractivity contribution in [2.45, 2.75) is 50.7 Å². The van der Waals surface area contributed by atoms with E-state index in [1.54, 1.807) is 14.2 Å². The van der Waals surface area contributed by atoms with Gasteiger partial charge in [0.05, 0.1) is 25.8 Å². The fraction of sp³-hybridized carbons (Fsp3) is 0.571. The van der Waals surface area contributed by atoms with Crippen molar-refractivity contribution in [1.82, 2.24) is 20.9 Å². The zero-order valence-electron chi connectivity index (χ0n) is 16.9. The van der Waals surface area contributed by atoms with Gasteiger partial charge in [0, 0.05) is 42.9 Å². The van der Waals surface area contributed by atoms with E-state index in [1.165, 1.54) is 24.8 Å². The summed E-state index contributed by atoms with van der Waals surface area (Å²) in [6, 6.07) is 8.85. The highest BCUT2D eigenvalue weighted by molar-refractivity contribution is 5.40. The number of aryl methyl sites for hydroxylation is 1. The lowest BCUT2D eigenvalue weighted by Crippen LogP contribution is -2.52. The number of likely N-dealkylation sites (tertiary alicyclic amines) is 1. The molecule has 0 radical (unpaired) electrons. The topological polar surface area (TPSA) is 71.8 Å². The number of benzene rings is 1. The summed E-state index contributed by atoms with van der Waals surface area (Å²) in [5, 5.41) is 4.09. The van der Waals surface area contributed by atoms with E-state index in [-0.39, 0.29) is 12.0 Å². The van der Waals surface area contributed by atoms with E-state index in [1.807, 2.05) is 19.1 Å². The molecular formula is C21H30N4O3. The summed E-state index contributed by atoms with van der Waals surface area (Å²) in [6.45, 7) is 4.77. The summed E-state index contributed by atoms with van der Waals surface area (Å²) in [6.07, 6.45) is 3.64. The third-order valence-electron chi connectivity index (χ3n) is 5.98. The third-order valence-corrected chi connectivity index (χ3v) is 5.98. The summed E-state index contributed by atoms with van der Waals surface area (Å²) >= 11 is 0. The summed E-state index contributed by atoms with van der Waals surface area (Å²) in [7, 11) is 3.40. The average Bonchev–Trinajstić information content (AvgIpc) is 3.37. The molecule has 7 nitrogen and oxygen atoms in total. The first kappa shape index (κ1) is 19.2. The molecule has 0 amide bonds. The van der Waals surface area contributed by atoms with Crippen LogP contribution >= 0.6 is 0 Å². The van der Waals surface area contributed by atoms with E-state index >= 15 is 0 Å². The van der Waals surface area contributed by atoms with Crippen molar-refractivity contribution >= 4 is 0 Å². The maximum atomic E-state index is 5.63. The molecule has 3 unspecified atom stereocenters. The second-order valence-electron chi connectivity index (χ2n) is 7.74. The van der Waals surface area contributed by atoms with Gasteiger partial charge in [0.1, 0.15) is 17.3 Å². The molecule has 152 valence electrons. The average molecular weight is 386 g/mol. The number of piperidine rings is 1. The molecule has 28 heavy (non-hydrogen) atoms. The summed E-state index contributed by atoms with van der Waals surface area (Å²) in [5.41, 5.74) is 8.98. The number of hydrazine groups is 1. The lowest BCUT2D eigenvalue weighted by molar-refractivity contribution is 0.102. The largest absolute Gasteiger partial charge is 0.497 e. The Morgan fingerprint density at radius 2 is 2.11 bits per heavy atom. The molecule has 0 bridgehead atoms. The van der Waals surface area contributed by atoms with Crippen molar-refractivity contribution in [2.24, 2.45) is 0 Å². The van der Waals surface area contributed by atoms with Crippen LogP contribution < -0.4 is 20.3 Å². The molecule has 7 heteroatoms. The highest BCUT2D eigenvalue weighted by Gasteiger charge is 2.40. The number of methoxy groups -OCH3 is 2. The maximum absolute atomic E-state index is 5.63. The highest BCUT2D eigenvalue weighted by atomic mass is 16.5. The van der Waals surface area contributed by atoms with Crippen molar-refractivity contribution in [2.75, 3.05) is 27.3 Å². The van der Waals surface area contributed by atoms with Gasteiger partial charge in [-0.1, -0.05) is 17.6 Å². The number of aromatic nitrogens is 1. The standard InChI is InChI=1S/C21H30N4O3/c1-14-10-20(28-24-14)17-12-22-23-21(17)18-6-4-5-9-25(18)13-15-7-8-16(26-2)11-19(15)27-3/h7-8,10-11,17-18,21-23H,4-6,9,12-13H2,1-3H3. The zero-order chi connectivity index (χ0) is 19.5. The number of nitrogens with one attached hydrogen (secondary N) is 2. The van der Waals surface area contributed by atoms with E-state index < -0.39 is 0 Å². The first-order valence-electron chi connectivity index (χ1n) is 10.1. The van der Waals surface area contributed by atoms with Crippen LogP contribution in [0.3, 0.4) is 0 Å². The van der Waals surface area contributed by atoms with Gasteiger partial charge in [-0.2, -0.15) is 0 Å². The molecule has 2 N–H and O–H groups in total. The third kappa shape index (κ3) is 3.87. The first-order chi connectivity index (χ1) is 13.7. The van der Waals surface area contributed by atoms with Gasteiger partial charge in [-0.15, -0.1) is 0 Å². The van der Waals surface area contributed by atoms with Gasteiger partial charge >= 0.3 is 0 Å². The molecule has 2 aliphatic heterocycles. The molecule has 1 aromatic heterocycles. The molecule has 0 spiro atoms. The quantitative estimate of drug-likeness (QED) is 0.791. The molecule has 2 saturated heterocycles. The van der Waals surface area contributed by atoms with Gasteiger partial charge in [0.15, 0.2) is 0 Å². The van der Waals surface area contributed by atoms with Gasteiger partial charge in [-0.05, 0) is 32.4 Å². The Labute approximate surface area is 166 Å². The Morgan fingerprint density at radius 3 is 2.86 bits per heavy atom. The second kappa shape index (κ2) is 8.51. The molecule has 0 saturated carbocycles. The minimum atomic E-state index is 0.282. The molecule has 0 aliphatic carbocycles. The number of hydrogen-bond acceptors (Lipinski definition) is 7. The molecule has 2 aliphatic rings. The van der Waals surface area contributed by atoms with Crippen LogP contribution in [0.5, 0.6) is 11.5 Å². The minimum Gasteiger partial charge on any atom is -0.497 e. The maximum Gasteiger partial charge on any atom is 0.143 e. The molecule has 4 rings (SSSR count). The smallest absolute Gasteiger partial charge is 0.143 e. The van der Waals surface area contributed by atoms with Crippen LogP contribution in [0.15, 0.2) is 28.8 Å². The molecule has 2 fully saturated rings. The predicted molar refractivity (Wildman–Crippen MR) is 107 cm³/mol. The monoisotopic (exact) mass is 386 g/mol. The van der Waals surface area contributed by atoms with E-state index in [4.69, 9.17) is 14.0 Å². The van der Waals surface area contributed by atoms with Crippen molar-refractivity contribution in [3.05, 3.63) is 41.3 Å². The van der Waals surface area contributed by atoms with Crippen LogP contribution in [-0.4, -0.2) is 49.4 Å². The Kier molecular flexibility index (Phi) is 5.85. The van der Waals surface area contributed by atoms with Gasteiger partial charge in [-0.3, -0.25) is 15.8 Å². The Balaban J connectivity index is 1.55. The van der Waals surface area contributed by atoms with Crippen molar-refractivity contribution in [3.8, 4) is 11.5 Å². The Morgan fingerprint density at radius 1 is 1.21 bits per heavy atom. The van der Waals surface area contributed by atoms with Crippen LogP contribution in [0.1, 0.15) is 42.2 Å². The molecule has 3 heterocycles. The van der Waals surface area contributed by atoms with Crippen molar-refractivity contribution in [3.63, 3.8) is 0 Å². The summed E-state index contributed by atoms with van der Waals surface area (Å²) in [5.74, 6) is 2.94. The van der Waals surface area contributed by atoms with E-state index in [0.29, 0.717) is 6.04 Å². The molecular weight excluding hydrogens is 356 g/mol.